The van der Waals surface area contributed by atoms with Gasteiger partial charge in [0, 0.05) is 24.8 Å². The lowest BCUT2D eigenvalue weighted by atomic mass is 9.86. The molecule has 36 heavy (non-hydrogen) atoms. The average Bonchev–Trinajstić information content (AvgIpc) is 2.87. The maximum absolute atomic E-state index is 4.78. The number of aromatic nitrogens is 4. The van der Waals surface area contributed by atoms with E-state index in [0.717, 1.165) is 17.5 Å². The summed E-state index contributed by atoms with van der Waals surface area (Å²) in [4.78, 5) is 18.4. The van der Waals surface area contributed by atoms with Gasteiger partial charge in [-0.05, 0) is 44.8 Å². The molecule has 0 radical (unpaired) electrons. The largest absolute Gasteiger partial charge is 0.261 e. The van der Waals surface area contributed by atoms with Crippen LogP contribution >= 0.6 is 17.2 Å². The Kier molecular flexibility index (Phi) is 7.69. The van der Waals surface area contributed by atoms with Crippen molar-refractivity contribution in [2.75, 3.05) is 0 Å². The van der Waals surface area contributed by atoms with Gasteiger partial charge in [-0.25, -0.2) is 0 Å². The van der Waals surface area contributed by atoms with E-state index in [1.165, 1.54) is 22.3 Å². The smallest absolute Gasteiger partial charge is 0.0967 e. The Balaban J connectivity index is 2.00. The molecule has 0 N–H and O–H groups in total. The first-order valence-electron chi connectivity index (χ1n) is 12.3. The number of rotatable bonds is 6. The molecule has 4 rings (SSSR count). The normalized spacial score (nSPS) is 12.7. The Hall–Kier alpha value is -2.54. The van der Waals surface area contributed by atoms with Crippen molar-refractivity contribution in [3.63, 3.8) is 0 Å². The number of benzene rings is 2. The van der Waals surface area contributed by atoms with Gasteiger partial charge >= 0.3 is 0 Å². The molecule has 0 amide bonds. The predicted molar refractivity (Wildman–Crippen MR) is 156 cm³/mol. The number of hydrogen-bond donors (Lipinski definition) is 0. The standard InChI is InChI=1S/C30H36N4P2/c1-28(2,3)36(29(4,5)6)21-24-13-12-23(22-10-8-7-9-11-22)18-25(24)30(35,26-19-31-14-16-33-26)27-20-32-15-17-34-27/h7-20H,21,35H2,1-6H3. The topological polar surface area (TPSA) is 51.6 Å². The van der Waals surface area contributed by atoms with Crippen LogP contribution in [-0.2, 0) is 11.3 Å². The molecule has 2 aromatic heterocycles. The van der Waals surface area contributed by atoms with E-state index in [1.807, 2.05) is 12.4 Å². The molecule has 0 aliphatic rings. The van der Waals surface area contributed by atoms with Gasteiger partial charge in [0.1, 0.15) is 0 Å². The predicted octanol–water partition coefficient (Wildman–Crippen LogP) is 7.68. The molecule has 0 aliphatic carbocycles. The first kappa shape index (κ1) is 26.5. The third-order valence-electron chi connectivity index (χ3n) is 6.52. The molecule has 2 aromatic carbocycles. The van der Waals surface area contributed by atoms with E-state index in [4.69, 9.17) is 9.97 Å². The van der Waals surface area contributed by atoms with Gasteiger partial charge in [-0.3, -0.25) is 19.9 Å². The fourth-order valence-corrected chi connectivity index (χ4v) is 9.10. The van der Waals surface area contributed by atoms with Gasteiger partial charge in [0.05, 0.1) is 28.9 Å². The van der Waals surface area contributed by atoms with Crippen molar-refractivity contribution < 1.29 is 0 Å². The van der Waals surface area contributed by atoms with E-state index in [1.54, 1.807) is 24.8 Å². The monoisotopic (exact) mass is 514 g/mol. The van der Waals surface area contributed by atoms with Crippen molar-refractivity contribution in [2.24, 2.45) is 0 Å². The third-order valence-corrected chi connectivity index (χ3v) is 11.3. The van der Waals surface area contributed by atoms with E-state index in [-0.39, 0.29) is 18.2 Å². The summed E-state index contributed by atoms with van der Waals surface area (Å²) in [6.07, 6.45) is 11.6. The fraction of sp³-hybridized carbons (Fsp3) is 0.333. The van der Waals surface area contributed by atoms with Crippen LogP contribution in [0.15, 0.2) is 85.7 Å². The molecule has 2 heterocycles. The lowest BCUT2D eigenvalue weighted by Gasteiger charge is -2.43. The third kappa shape index (κ3) is 5.56. The van der Waals surface area contributed by atoms with Gasteiger partial charge in [0.2, 0.25) is 0 Å². The van der Waals surface area contributed by atoms with Crippen molar-refractivity contribution >= 4 is 17.2 Å². The van der Waals surface area contributed by atoms with E-state index in [9.17, 15) is 0 Å². The maximum Gasteiger partial charge on any atom is 0.0967 e. The van der Waals surface area contributed by atoms with Gasteiger partial charge < -0.3 is 0 Å². The molecule has 0 aliphatic heterocycles. The summed E-state index contributed by atoms with van der Waals surface area (Å²) in [5.74, 6) is 0. The minimum Gasteiger partial charge on any atom is -0.261 e. The number of hydrogen-bond acceptors (Lipinski definition) is 4. The van der Waals surface area contributed by atoms with Gasteiger partial charge in [-0.2, -0.15) is 0 Å². The van der Waals surface area contributed by atoms with Crippen LogP contribution in [0.5, 0.6) is 0 Å². The molecule has 0 bridgehead atoms. The zero-order valence-corrected chi connectivity index (χ0v) is 24.2. The van der Waals surface area contributed by atoms with Gasteiger partial charge in [0.15, 0.2) is 0 Å². The molecule has 0 fully saturated rings. The zero-order valence-electron chi connectivity index (χ0n) is 22.1. The van der Waals surface area contributed by atoms with Crippen LogP contribution in [0.4, 0.5) is 0 Å². The summed E-state index contributed by atoms with van der Waals surface area (Å²) < 4.78 is 0. The van der Waals surface area contributed by atoms with Crippen molar-refractivity contribution in [3.05, 3.63) is 108 Å². The second-order valence-corrected chi connectivity index (χ2v) is 15.9. The van der Waals surface area contributed by atoms with Crippen LogP contribution in [0.3, 0.4) is 0 Å². The molecule has 186 valence electrons. The minimum atomic E-state index is -0.695. The second-order valence-electron chi connectivity index (χ2n) is 11.2. The Morgan fingerprint density at radius 2 is 1.25 bits per heavy atom. The molecule has 4 aromatic rings. The van der Waals surface area contributed by atoms with Crippen molar-refractivity contribution in [3.8, 4) is 11.1 Å². The first-order valence-corrected chi connectivity index (χ1v) is 14.4. The van der Waals surface area contributed by atoms with Crippen LogP contribution in [0.2, 0.25) is 0 Å². The molecule has 0 saturated heterocycles. The van der Waals surface area contributed by atoms with Crippen LogP contribution in [0.1, 0.15) is 64.1 Å². The highest BCUT2D eigenvalue weighted by Gasteiger charge is 2.40. The van der Waals surface area contributed by atoms with Crippen molar-refractivity contribution in [1.82, 2.24) is 19.9 Å². The summed E-state index contributed by atoms with van der Waals surface area (Å²) >= 11 is 0. The molecule has 4 nitrogen and oxygen atoms in total. The number of nitrogens with zero attached hydrogens (tertiary/aromatic N) is 4. The van der Waals surface area contributed by atoms with Crippen LogP contribution < -0.4 is 0 Å². The molecule has 6 heteroatoms. The molecular formula is C30H36N4P2. The highest BCUT2D eigenvalue weighted by atomic mass is 31.1. The molecule has 1 atom stereocenters. The van der Waals surface area contributed by atoms with E-state index >= 15 is 0 Å². The Morgan fingerprint density at radius 3 is 1.72 bits per heavy atom. The summed E-state index contributed by atoms with van der Waals surface area (Å²) in [6.45, 7) is 14.3. The van der Waals surface area contributed by atoms with E-state index in [2.05, 4.69) is 109 Å². The van der Waals surface area contributed by atoms with Gasteiger partial charge in [0.25, 0.3) is 0 Å². The van der Waals surface area contributed by atoms with Gasteiger partial charge in [-0.15, -0.1) is 9.24 Å². The minimum absolute atomic E-state index is 0.200. The highest BCUT2D eigenvalue weighted by molar-refractivity contribution is 7.60. The summed E-state index contributed by atoms with van der Waals surface area (Å²) in [7, 11) is 2.71. The summed E-state index contributed by atoms with van der Waals surface area (Å²) in [5, 5.41) is -0.295. The molecule has 0 saturated carbocycles. The SMILES string of the molecule is CC(C)(C)P(Cc1ccc(-c2ccccc2)cc1C(P)(c1cnccn1)c1cnccn1)C(C)(C)C. The van der Waals surface area contributed by atoms with E-state index < -0.39 is 5.16 Å². The summed E-state index contributed by atoms with van der Waals surface area (Å²) in [5.41, 5.74) is 6.51. The first-order chi connectivity index (χ1) is 17.0. The molecular weight excluding hydrogens is 478 g/mol. The molecule has 1 unspecified atom stereocenters. The van der Waals surface area contributed by atoms with Gasteiger partial charge in [-0.1, -0.05) is 91.9 Å². The van der Waals surface area contributed by atoms with Crippen molar-refractivity contribution in [2.45, 2.75) is 63.2 Å². The quantitative estimate of drug-likeness (QED) is 0.248. The van der Waals surface area contributed by atoms with Crippen LogP contribution in [-0.4, -0.2) is 30.2 Å². The van der Waals surface area contributed by atoms with Crippen molar-refractivity contribution in [1.29, 1.82) is 0 Å². The Labute approximate surface area is 219 Å². The Bertz CT molecular complexity index is 1230. The Morgan fingerprint density at radius 1 is 0.694 bits per heavy atom. The van der Waals surface area contributed by atoms with Crippen LogP contribution in [0.25, 0.3) is 11.1 Å². The average molecular weight is 515 g/mol. The highest BCUT2D eigenvalue weighted by Crippen LogP contribution is 2.62. The molecule has 0 spiro atoms. The zero-order chi connectivity index (χ0) is 26.0. The fourth-order valence-electron chi connectivity index (χ4n) is 4.96. The summed E-state index contributed by atoms with van der Waals surface area (Å²) in [6, 6.07) is 17.4. The second kappa shape index (κ2) is 10.4. The van der Waals surface area contributed by atoms with Crippen LogP contribution in [0, 0.1) is 0 Å². The lowest BCUT2D eigenvalue weighted by Crippen LogP contribution is -2.29. The lowest BCUT2D eigenvalue weighted by molar-refractivity contribution is 0.701. The maximum atomic E-state index is 4.78. The van der Waals surface area contributed by atoms with E-state index in [0.29, 0.717) is 0 Å².